The summed E-state index contributed by atoms with van der Waals surface area (Å²) in [5, 5.41) is 4.14. The van der Waals surface area contributed by atoms with Crippen LogP contribution in [0.15, 0.2) is 22.7 Å². The van der Waals surface area contributed by atoms with Crippen LogP contribution >= 0.6 is 15.9 Å². The van der Waals surface area contributed by atoms with E-state index in [9.17, 15) is 0 Å². The molecule has 1 aromatic carbocycles. The van der Waals surface area contributed by atoms with Crippen LogP contribution in [-0.4, -0.2) is 26.3 Å². The summed E-state index contributed by atoms with van der Waals surface area (Å²) in [5.41, 5.74) is 2.72. The Balaban J connectivity index is 2.77. The van der Waals surface area contributed by atoms with E-state index < -0.39 is 0 Å². The molecule has 5 heteroatoms. The van der Waals surface area contributed by atoms with Gasteiger partial charge in [0.25, 0.3) is 0 Å². The number of aromatic nitrogens is 1. The third-order valence-electron chi connectivity index (χ3n) is 2.71. The average molecular weight is 311 g/mol. The summed E-state index contributed by atoms with van der Waals surface area (Å²) < 4.78 is 11.5. The second-order valence-electron chi connectivity index (χ2n) is 3.82. The standard InChI is InChI=1S/C13H15BrN2O2/c1-15-10-6-8(7-17-2)16-13-9(14)4-5-11(18-3)12(10)13/h4-6H,7H2,1-3H3,(H,15,16). The Morgan fingerprint density at radius 2 is 2.11 bits per heavy atom. The van der Waals surface area contributed by atoms with E-state index >= 15 is 0 Å². The van der Waals surface area contributed by atoms with Crippen LogP contribution in [-0.2, 0) is 11.3 Å². The van der Waals surface area contributed by atoms with E-state index in [4.69, 9.17) is 9.47 Å². The SMILES string of the molecule is CNc1cc(COC)nc2c(Br)ccc(OC)c12. The molecular formula is C13H15BrN2O2. The highest BCUT2D eigenvalue weighted by Crippen LogP contribution is 2.36. The molecule has 0 saturated carbocycles. The number of rotatable bonds is 4. The molecule has 2 aromatic rings. The van der Waals surface area contributed by atoms with Gasteiger partial charge in [0.2, 0.25) is 0 Å². The fraction of sp³-hybridized carbons (Fsp3) is 0.308. The second-order valence-corrected chi connectivity index (χ2v) is 4.67. The molecule has 1 N–H and O–H groups in total. The van der Waals surface area contributed by atoms with Crippen LogP contribution in [0.25, 0.3) is 10.9 Å². The van der Waals surface area contributed by atoms with E-state index in [1.165, 1.54) is 0 Å². The smallest absolute Gasteiger partial charge is 0.130 e. The molecule has 0 atom stereocenters. The lowest BCUT2D eigenvalue weighted by molar-refractivity contribution is 0.182. The van der Waals surface area contributed by atoms with Gasteiger partial charge in [0.05, 0.1) is 30.3 Å². The Morgan fingerprint density at radius 3 is 2.72 bits per heavy atom. The largest absolute Gasteiger partial charge is 0.496 e. The lowest BCUT2D eigenvalue weighted by Gasteiger charge is -2.13. The number of anilines is 1. The molecule has 0 spiro atoms. The summed E-state index contributed by atoms with van der Waals surface area (Å²) >= 11 is 3.52. The first-order chi connectivity index (χ1) is 8.71. The van der Waals surface area contributed by atoms with Crippen LogP contribution in [0.2, 0.25) is 0 Å². The van der Waals surface area contributed by atoms with Gasteiger partial charge in [-0.15, -0.1) is 0 Å². The highest BCUT2D eigenvalue weighted by Gasteiger charge is 2.12. The minimum absolute atomic E-state index is 0.480. The molecule has 0 aliphatic rings. The highest BCUT2D eigenvalue weighted by molar-refractivity contribution is 9.10. The normalized spacial score (nSPS) is 10.7. The summed E-state index contributed by atoms with van der Waals surface area (Å²) in [7, 11) is 5.20. The quantitative estimate of drug-likeness (QED) is 0.942. The molecular weight excluding hydrogens is 296 g/mol. The zero-order valence-corrected chi connectivity index (χ0v) is 12.2. The predicted octanol–water partition coefficient (Wildman–Crippen LogP) is 3.19. The molecule has 0 aliphatic carbocycles. The van der Waals surface area contributed by atoms with E-state index in [0.717, 1.165) is 32.5 Å². The van der Waals surface area contributed by atoms with Gasteiger partial charge in [0.1, 0.15) is 5.75 Å². The van der Waals surface area contributed by atoms with Gasteiger partial charge in [-0.1, -0.05) is 0 Å². The number of ether oxygens (including phenoxy) is 2. The van der Waals surface area contributed by atoms with Crippen molar-refractivity contribution in [2.45, 2.75) is 6.61 Å². The first-order valence-corrected chi connectivity index (χ1v) is 6.33. The second kappa shape index (κ2) is 5.54. The zero-order chi connectivity index (χ0) is 13.1. The lowest BCUT2D eigenvalue weighted by atomic mass is 10.1. The maximum atomic E-state index is 5.39. The van der Waals surface area contributed by atoms with Crippen molar-refractivity contribution >= 4 is 32.5 Å². The summed E-state index contributed by atoms with van der Waals surface area (Å²) in [6.45, 7) is 0.480. The minimum atomic E-state index is 0.480. The third kappa shape index (κ3) is 2.28. The van der Waals surface area contributed by atoms with E-state index in [-0.39, 0.29) is 0 Å². The van der Waals surface area contributed by atoms with Crippen molar-refractivity contribution in [3.05, 3.63) is 28.4 Å². The van der Waals surface area contributed by atoms with Gasteiger partial charge >= 0.3 is 0 Å². The highest BCUT2D eigenvalue weighted by atomic mass is 79.9. The maximum absolute atomic E-state index is 5.39. The Morgan fingerprint density at radius 1 is 1.33 bits per heavy atom. The van der Waals surface area contributed by atoms with E-state index in [1.54, 1.807) is 14.2 Å². The van der Waals surface area contributed by atoms with Crippen molar-refractivity contribution < 1.29 is 9.47 Å². The van der Waals surface area contributed by atoms with Crippen molar-refractivity contribution in [3.8, 4) is 5.75 Å². The maximum Gasteiger partial charge on any atom is 0.130 e. The van der Waals surface area contributed by atoms with Crippen LogP contribution in [0.1, 0.15) is 5.69 Å². The van der Waals surface area contributed by atoms with Crippen molar-refractivity contribution in [1.29, 1.82) is 0 Å². The number of pyridine rings is 1. The molecule has 0 amide bonds. The van der Waals surface area contributed by atoms with Gasteiger partial charge in [0.15, 0.2) is 0 Å². The number of nitrogens with one attached hydrogen (secondary N) is 1. The number of halogens is 1. The zero-order valence-electron chi connectivity index (χ0n) is 10.6. The lowest BCUT2D eigenvalue weighted by Crippen LogP contribution is -1.99. The summed E-state index contributed by atoms with van der Waals surface area (Å²) in [5.74, 6) is 0.800. The third-order valence-corrected chi connectivity index (χ3v) is 3.35. The molecule has 0 fully saturated rings. The van der Waals surface area contributed by atoms with Gasteiger partial charge in [0, 0.05) is 24.3 Å². The first kappa shape index (κ1) is 13.1. The van der Waals surface area contributed by atoms with Gasteiger partial charge in [-0.05, 0) is 34.1 Å². The van der Waals surface area contributed by atoms with Gasteiger partial charge in [-0.3, -0.25) is 0 Å². The summed E-state index contributed by atoms with van der Waals surface area (Å²) in [4.78, 5) is 4.59. The Hall–Kier alpha value is -1.33. The monoisotopic (exact) mass is 310 g/mol. The molecule has 18 heavy (non-hydrogen) atoms. The molecule has 96 valence electrons. The molecule has 4 nitrogen and oxygen atoms in total. The van der Waals surface area contributed by atoms with Gasteiger partial charge in [-0.25, -0.2) is 4.98 Å². The number of hydrogen-bond acceptors (Lipinski definition) is 4. The fourth-order valence-corrected chi connectivity index (χ4v) is 2.34. The number of benzene rings is 1. The Kier molecular flexibility index (Phi) is 4.04. The van der Waals surface area contributed by atoms with Crippen molar-refractivity contribution in [2.75, 3.05) is 26.6 Å². The molecule has 1 heterocycles. The molecule has 0 saturated heterocycles. The summed E-state index contributed by atoms with van der Waals surface area (Å²) in [6.07, 6.45) is 0. The van der Waals surface area contributed by atoms with E-state index in [2.05, 4.69) is 26.2 Å². The number of methoxy groups -OCH3 is 2. The number of hydrogen-bond donors (Lipinski definition) is 1. The van der Waals surface area contributed by atoms with Gasteiger partial charge in [-0.2, -0.15) is 0 Å². The molecule has 1 aromatic heterocycles. The van der Waals surface area contributed by atoms with Crippen LogP contribution in [0.5, 0.6) is 5.75 Å². The van der Waals surface area contributed by atoms with Crippen molar-refractivity contribution in [1.82, 2.24) is 4.98 Å². The van der Waals surface area contributed by atoms with E-state index in [0.29, 0.717) is 6.61 Å². The van der Waals surface area contributed by atoms with Gasteiger partial charge < -0.3 is 14.8 Å². The average Bonchev–Trinajstić information content (AvgIpc) is 2.39. The van der Waals surface area contributed by atoms with Crippen molar-refractivity contribution in [3.63, 3.8) is 0 Å². The fourth-order valence-electron chi connectivity index (χ4n) is 1.92. The predicted molar refractivity (Wildman–Crippen MR) is 76.3 cm³/mol. The van der Waals surface area contributed by atoms with Crippen molar-refractivity contribution in [2.24, 2.45) is 0 Å². The van der Waals surface area contributed by atoms with Crippen LogP contribution in [0.3, 0.4) is 0 Å². The molecule has 0 bridgehead atoms. The molecule has 0 unspecified atom stereocenters. The van der Waals surface area contributed by atoms with Crippen LogP contribution in [0.4, 0.5) is 5.69 Å². The molecule has 2 rings (SSSR count). The van der Waals surface area contributed by atoms with Crippen LogP contribution < -0.4 is 10.1 Å². The minimum Gasteiger partial charge on any atom is -0.496 e. The Labute approximate surface area is 114 Å². The topological polar surface area (TPSA) is 43.4 Å². The van der Waals surface area contributed by atoms with E-state index in [1.807, 2.05) is 25.2 Å². The number of nitrogens with zero attached hydrogens (tertiary/aromatic N) is 1. The molecule has 0 radical (unpaired) electrons. The Bertz CT molecular complexity index is 572. The molecule has 0 aliphatic heterocycles. The summed E-state index contributed by atoms with van der Waals surface area (Å²) in [6, 6.07) is 5.83. The van der Waals surface area contributed by atoms with Crippen LogP contribution in [0, 0.1) is 0 Å². The number of fused-ring (bicyclic) bond motifs is 1. The first-order valence-electron chi connectivity index (χ1n) is 5.54.